The second-order valence-electron chi connectivity index (χ2n) is 9.09. The molecular weight excluding hydrogens is 358 g/mol. The summed E-state index contributed by atoms with van der Waals surface area (Å²) in [5.41, 5.74) is 6.45. The van der Waals surface area contributed by atoms with Crippen LogP contribution in [0.2, 0.25) is 0 Å². The highest BCUT2D eigenvalue weighted by Crippen LogP contribution is 2.45. The Balaban J connectivity index is 1.28. The van der Waals surface area contributed by atoms with Crippen LogP contribution >= 0.6 is 0 Å². The molecule has 5 N–H and O–H groups in total. The third-order valence-corrected chi connectivity index (χ3v) is 7.59. The highest BCUT2D eigenvalue weighted by molar-refractivity contribution is 5.80. The van der Waals surface area contributed by atoms with Crippen LogP contribution in [-0.4, -0.2) is 60.2 Å². The largest absolute Gasteiger partial charge is 0.395 e. The molecule has 0 radical (unpaired) electrons. The van der Waals surface area contributed by atoms with Gasteiger partial charge in [0.15, 0.2) is 0 Å². The van der Waals surface area contributed by atoms with E-state index in [1.54, 1.807) is 0 Å². The van der Waals surface area contributed by atoms with E-state index >= 15 is 0 Å². The number of nitrogens with zero attached hydrogens (tertiary/aromatic N) is 1. The van der Waals surface area contributed by atoms with Gasteiger partial charge in [-0.1, -0.05) is 6.92 Å². The van der Waals surface area contributed by atoms with Crippen molar-refractivity contribution < 1.29 is 14.7 Å². The maximum atomic E-state index is 12.9. The lowest BCUT2D eigenvalue weighted by atomic mass is 9.73. The number of hydrogen-bond acceptors (Lipinski definition) is 7. The molecule has 2 saturated carbocycles. The number of hydrazine groups is 1. The fraction of sp³-hybridized carbons (Fsp3) is 0.950. The molecule has 2 aliphatic heterocycles. The zero-order chi connectivity index (χ0) is 19.7. The first-order valence-electron chi connectivity index (χ1n) is 11.2. The van der Waals surface area contributed by atoms with E-state index in [0.717, 1.165) is 12.8 Å². The molecule has 28 heavy (non-hydrogen) atoms. The van der Waals surface area contributed by atoms with Crippen LogP contribution in [0.15, 0.2) is 0 Å². The van der Waals surface area contributed by atoms with Gasteiger partial charge in [-0.3, -0.25) is 20.4 Å². The van der Waals surface area contributed by atoms with E-state index in [1.165, 1.54) is 25.7 Å². The minimum atomic E-state index is -0.0445. The summed E-state index contributed by atoms with van der Waals surface area (Å²) in [4.78, 5) is 18.5. The van der Waals surface area contributed by atoms with Gasteiger partial charge in [-0.2, -0.15) is 5.48 Å². The van der Waals surface area contributed by atoms with Gasteiger partial charge in [-0.05, 0) is 63.2 Å². The summed E-state index contributed by atoms with van der Waals surface area (Å²) in [7, 11) is 0. The van der Waals surface area contributed by atoms with E-state index in [-0.39, 0.29) is 36.9 Å². The zero-order valence-electron chi connectivity index (χ0n) is 17.2. The second-order valence-corrected chi connectivity index (χ2v) is 9.09. The van der Waals surface area contributed by atoms with Crippen LogP contribution < -0.4 is 21.5 Å². The molecule has 7 unspecified atom stereocenters. The van der Waals surface area contributed by atoms with Crippen LogP contribution in [0.5, 0.6) is 0 Å². The topological polar surface area (TPSA) is 97.9 Å². The predicted molar refractivity (Wildman–Crippen MR) is 105 cm³/mol. The molecule has 0 aromatic carbocycles. The Morgan fingerprint density at radius 3 is 2.82 bits per heavy atom. The Bertz CT molecular complexity index is 550. The standard InChI is InChI=1S/C20H37N5O3/c1-3-18-23-19(24-28-18)14-4-6-15-13(10-14)5-7-17(15)22-20(27)16-11-21-25(8-9-26)12(16)2/h12-19,21,23-24,26H,3-11H2,1-2H3,(H,22,27)/t12?,13?,14?,15?,16?,17-,18?,19?/m1/s1. The van der Waals surface area contributed by atoms with Gasteiger partial charge < -0.3 is 10.4 Å². The van der Waals surface area contributed by atoms with Crippen molar-refractivity contribution >= 4 is 5.91 Å². The van der Waals surface area contributed by atoms with E-state index in [2.05, 4.69) is 35.4 Å². The zero-order valence-corrected chi connectivity index (χ0v) is 17.2. The molecule has 160 valence electrons. The molecule has 0 bridgehead atoms. The number of carbonyl (C=O) groups excluding carboxylic acids is 1. The number of aliphatic hydroxyl groups is 1. The number of aliphatic hydroxyl groups excluding tert-OH is 1. The number of hydrogen-bond donors (Lipinski definition) is 5. The van der Waals surface area contributed by atoms with Crippen molar-refractivity contribution in [2.45, 2.75) is 76.8 Å². The first kappa shape index (κ1) is 20.5. The van der Waals surface area contributed by atoms with Crippen LogP contribution in [0, 0.1) is 23.7 Å². The molecule has 0 aromatic heterocycles. The van der Waals surface area contributed by atoms with Crippen molar-refractivity contribution in [1.29, 1.82) is 0 Å². The van der Waals surface area contributed by atoms with Gasteiger partial charge in [-0.25, -0.2) is 5.01 Å². The van der Waals surface area contributed by atoms with Crippen molar-refractivity contribution in [3.63, 3.8) is 0 Å². The van der Waals surface area contributed by atoms with Crippen LogP contribution in [0.1, 0.15) is 52.4 Å². The maximum absolute atomic E-state index is 12.9. The van der Waals surface area contributed by atoms with Gasteiger partial charge in [0.05, 0.1) is 18.7 Å². The Kier molecular flexibility index (Phi) is 6.54. The van der Waals surface area contributed by atoms with E-state index in [0.29, 0.717) is 36.9 Å². The van der Waals surface area contributed by atoms with E-state index < -0.39 is 0 Å². The highest BCUT2D eigenvalue weighted by Gasteiger charge is 2.45. The molecule has 4 aliphatic rings. The molecule has 1 amide bonds. The summed E-state index contributed by atoms with van der Waals surface area (Å²) in [6, 6.07) is 0.438. The van der Waals surface area contributed by atoms with E-state index in [4.69, 9.17) is 9.94 Å². The Hall–Kier alpha value is -0.770. The van der Waals surface area contributed by atoms with Crippen molar-refractivity contribution in [1.82, 2.24) is 26.5 Å². The molecule has 2 aliphatic carbocycles. The lowest BCUT2D eigenvalue weighted by Gasteiger charge is -2.37. The quantitative estimate of drug-likeness (QED) is 0.441. The van der Waals surface area contributed by atoms with Gasteiger partial charge in [0.25, 0.3) is 0 Å². The summed E-state index contributed by atoms with van der Waals surface area (Å²) in [5, 5.41) is 18.1. The minimum Gasteiger partial charge on any atom is -0.395 e. The molecule has 2 heterocycles. The smallest absolute Gasteiger partial charge is 0.226 e. The maximum Gasteiger partial charge on any atom is 0.226 e. The number of β-amino-alcohol motifs (C(OH)–C–C–N with tert-alkyl or cyclic N) is 1. The van der Waals surface area contributed by atoms with E-state index in [1.807, 2.05) is 5.01 Å². The fourth-order valence-electron chi connectivity index (χ4n) is 5.87. The lowest BCUT2D eigenvalue weighted by Crippen LogP contribution is -2.48. The Morgan fingerprint density at radius 1 is 1.25 bits per heavy atom. The van der Waals surface area contributed by atoms with Gasteiger partial charge >= 0.3 is 0 Å². The average Bonchev–Trinajstić information content (AvgIpc) is 3.41. The summed E-state index contributed by atoms with van der Waals surface area (Å²) >= 11 is 0. The van der Waals surface area contributed by atoms with Crippen LogP contribution in [-0.2, 0) is 9.63 Å². The van der Waals surface area contributed by atoms with Crippen LogP contribution in [0.3, 0.4) is 0 Å². The number of amides is 1. The van der Waals surface area contributed by atoms with Crippen molar-refractivity contribution in [2.75, 3.05) is 19.7 Å². The number of fused-ring (bicyclic) bond motifs is 1. The molecule has 2 saturated heterocycles. The molecule has 0 aromatic rings. The summed E-state index contributed by atoms with van der Waals surface area (Å²) in [5.74, 6) is 2.06. The first-order valence-corrected chi connectivity index (χ1v) is 11.2. The molecule has 0 spiro atoms. The number of carbonyl (C=O) groups is 1. The highest BCUT2D eigenvalue weighted by atomic mass is 16.7. The number of rotatable bonds is 6. The van der Waals surface area contributed by atoms with Crippen LogP contribution in [0.25, 0.3) is 0 Å². The normalized spacial score (nSPS) is 44.0. The number of hydroxylamine groups is 1. The third kappa shape index (κ3) is 4.08. The Labute approximate surface area is 168 Å². The Morgan fingerprint density at radius 2 is 2.07 bits per heavy atom. The second kappa shape index (κ2) is 8.93. The average molecular weight is 396 g/mol. The predicted octanol–water partition coefficient (Wildman–Crippen LogP) is 0.301. The van der Waals surface area contributed by atoms with Crippen LogP contribution in [0.4, 0.5) is 0 Å². The lowest BCUT2D eigenvalue weighted by molar-refractivity contribution is -0.126. The van der Waals surface area contributed by atoms with Gasteiger partial charge in [0, 0.05) is 25.2 Å². The molecule has 8 heteroatoms. The van der Waals surface area contributed by atoms with Crippen molar-refractivity contribution in [3.8, 4) is 0 Å². The molecule has 8 atom stereocenters. The van der Waals surface area contributed by atoms with Gasteiger partial charge in [0.1, 0.15) is 6.23 Å². The third-order valence-electron chi connectivity index (χ3n) is 7.59. The molecule has 8 nitrogen and oxygen atoms in total. The van der Waals surface area contributed by atoms with Crippen molar-refractivity contribution in [2.24, 2.45) is 23.7 Å². The monoisotopic (exact) mass is 395 g/mol. The summed E-state index contributed by atoms with van der Waals surface area (Å²) in [6.07, 6.45) is 7.27. The van der Waals surface area contributed by atoms with Gasteiger partial charge in [-0.15, -0.1) is 0 Å². The molecule has 4 fully saturated rings. The first-order chi connectivity index (χ1) is 13.6. The SMILES string of the molecule is CCC1NC(C2CCC3C(CC[C@H]3NC(=O)C3CNN(CCO)C3C)C2)NO1. The molecular formula is C20H37N5O3. The summed E-state index contributed by atoms with van der Waals surface area (Å²) < 4.78 is 0. The minimum absolute atomic E-state index is 0.0445. The van der Waals surface area contributed by atoms with E-state index in [9.17, 15) is 4.79 Å². The van der Waals surface area contributed by atoms with Crippen molar-refractivity contribution in [3.05, 3.63) is 0 Å². The molecule has 4 rings (SSSR count). The number of nitrogens with one attached hydrogen (secondary N) is 4. The summed E-state index contributed by atoms with van der Waals surface area (Å²) in [6.45, 7) is 5.52. The van der Waals surface area contributed by atoms with Gasteiger partial charge in [0.2, 0.25) is 5.91 Å². The fourth-order valence-corrected chi connectivity index (χ4v) is 5.87.